The summed E-state index contributed by atoms with van der Waals surface area (Å²) in [5, 5.41) is 9.89. The van der Waals surface area contributed by atoms with Gasteiger partial charge >= 0.3 is 0 Å². The second kappa shape index (κ2) is 6.65. The Morgan fingerprint density at radius 2 is 2.19 bits per heavy atom. The summed E-state index contributed by atoms with van der Waals surface area (Å²) in [7, 11) is 0. The maximum absolute atomic E-state index is 6.18. The molecule has 2 nitrogen and oxygen atoms in total. The molecule has 3 rings (SSSR count). The SMILES string of the molecule is CCCNCc1cn(Cc2ccsc2)c2cc(Cl)ccc12. The minimum Gasteiger partial charge on any atom is -0.343 e. The fourth-order valence-corrected chi connectivity index (χ4v) is 3.42. The first-order chi connectivity index (χ1) is 10.3. The maximum Gasteiger partial charge on any atom is 0.0501 e. The third-order valence-corrected chi connectivity index (χ3v) is 4.57. The molecule has 2 aromatic heterocycles. The Morgan fingerprint density at radius 3 is 2.95 bits per heavy atom. The molecule has 0 aliphatic carbocycles. The zero-order valence-corrected chi connectivity index (χ0v) is 13.7. The highest BCUT2D eigenvalue weighted by Gasteiger charge is 2.09. The van der Waals surface area contributed by atoms with Gasteiger partial charge in [0, 0.05) is 29.7 Å². The summed E-state index contributed by atoms with van der Waals surface area (Å²) in [6.07, 6.45) is 3.40. The van der Waals surface area contributed by atoms with Crippen molar-refractivity contribution < 1.29 is 0 Å². The summed E-state index contributed by atoms with van der Waals surface area (Å²) >= 11 is 7.92. The van der Waals surface area contributed by atoms with Crippen LogP contribution < -0.4 is 5.32 Å². The molecule has 0 amide bonds. The van der Waals surface area contributed by atoms with E-state index in [2.05, 4.69) is 52.0 Å². The molecule has 0 saturated heterocycles. The molecule has 1 aromatic carbocycles. The van der Waals surface area contributed by atoms with Crippen LogP contribution in [0.4, 0.5) is 0 Å². The number of hydrogen-bond donors (Lipinski definition) is 1. The van der Waals surface area contributed by atoms with Gasteiger partial charge in [0.2, 0.25) is 0 Å². The molecule has 0 aliphatic heterocycles. The van der Waals surface area contributed by atoms with E-state index in [0.717, 1.165) is 31.1 Å². The van der Waals surface area contributed by atoms with E-state index in [0.29, 0.717) is 0 Å². The predicted molar refractivity (Wildman–Crippen MR) is 92.4 cm³/mol. The summed E-state index contributed by atoms with van der Waals surface area (Å²) in [6.45, 7) is 5.04. The maximum atomic E-state index is 6.18. The van der Waals surface area contributed by atoms with Crippen LogP contribution in [0, 0.1) is 0 Å². The van der Waals surface area contributed by atoms with Gasteiger partial charge in [-0.05, 0) is 53.1 Å². The largest absolute Gasteiger partial charge is 0.343 e. The van der Waals surface area contributed by atoms with Crippen molar-refractivity contribution >= 4 is 33.8 Å². The fraction of sp³-hybridized carbons (Fsp3) is 0.294. The van der Waals surface area contributed by atoms with Crippen molar-refractivity contribution in [3.05, 3.63) is 57.4 Å². The lowest BCUT2D eigenvalue weighted by Crippen LogP contribution is -2.13. The number of rotatable bonds is 6. The van der Waals surface area contributed by atoms with Gasteiger partial charge in [0.1, 0.15) is 0 Å². The van der Waals surface area contributed by atoms with Gasteiger partial charge in [0.25, 0.3) is 0 Å². The van der Waals surface area contributed by atoms with Gasteiger partial charge in [-0.15, -0.1) is 0 Å². The molecule has 0 aliphatic rings. The normalized spacial score (nSPS) is 11.3. The lowest BCUT2D eigenvalue weighted by Gasteiger charge is -2.03. The minimum atomic E-state index is 0.792. The van der Waals surface area contributed by atoms with Gasteiger partial charge in [0.05, 0.1) is 5.52 Å². The van der Waals surface area contributed by atoms with Gasteiger partial charge in [-0.25, -0.2) is 0 Å². The minimum absolute atomic E-state index is 0.792. The van der Waals surface area contributed by atoms with Crippen LogP contribution in [0.15, 0.2) is 41.2 Å². The van der Waals surface area contributed by atoms with Crippen LogP contribution in [0.5, 0.6) is 0 Å². The molecular weight excluding hydrogens is 300 g/mol. The monoisotopic (exact) mass is 318 g/mol. The van der Waals surface area contributed by atoms with Crippen molar-refractivity contribution in [1.82, 2.24) is 9.88 Å². The Kier molecular flexibility index (Phi) is 4.63. The third kappa shape index (κ3) is 3.31. The smallest absolute Gasteiger partial charge is 0.0501 e. The standard InChI is InChI=1S/C17H19ClN2S/c1-2-6-19-9-14-11-20(10-13-5-7-21-12-13)17-8-15(18)3-4-16(14)17/h3-5,7-8,11-12,19H,2,6,9-10H2,1H3. The first-order valence-corrected chi connectivity index (χ1v) is 8.59. The average molecular weight is 319 g/mol. The number of hydrogen-bond acceptors (Lipinski definition) is 2. The van der Waals surface area contributed by atoms with E-state index in [1.165, 1.54) is 22.0 Å². The van der Waals surface area contributed by atoms with Crippen LogP contribution in [0.25, 0.3) is 10.9 Å². The van der Waals surface area contributed by atoms with Gasteiger partial charge in [-0.2, -0.15) is 11.3 Å². The molecule has 4 heteroatoms. The van der Waals surface area contributed by atoms with Crippen LogP contribution in [-0.4, -0.2) is 11.1 Å². The van der Waals surface area contributed by atoms with E-state index in [1.807, 2.05) is 6.07 Å². The predicted octanol–water partition coefficient (Wildman–Crippen LogP) is 4.90. The van der Waals surface area contributed by atoms with Crippen molar-refractivity contribution in [2.24, 2.45) is 0 Å². The average Bonchev–Trinajstić information content (AvgIpc) is 3.09. The molecule has 0 bridgehead atoms. The molecule has 0 fully saturated rings. The van der Waals surface area contributed by atoms with E-state index < -0.39 is 0 Å². The Hall–Kier alpha value is -1.29. The molecule has 0 radical (unpaired) electrons. The molecule has 2 heterocycles. The number of thiophene rings is 1. The first-order valence-electron chi connectivity index (χ1n) is 7.27. The van der Waals surface area contributed by atoms with Crippen molar-refractivity contribution in [2.75, 3.05) is 6.54 Å². The topological polar surface area (TPSA) is 17.0 Å². The molecular formula is C17H19ClN2S. The van der Waals surface area contributed by atoms with E-state index in [9.17, 15) is 0 Å². The number of benzene rings is 1. The van der Waals surface area contributed by atoms with E-state index in [1.54, 1.807) is 11.3 Å². The van der Waals surface area contributed by atoms with E-state index in [-0.39, 0.29) is 0 Å². The molecule has 0 unspecified atom stereocenters. The molecule has 0 atom stereocenters. The first kappa shape index (κ1) is 14.6. The Bertz CT molecular complexity index is 716. The van der Waals surface area contributed by atoms with E-state index >= 15 is 0 Å². The summed E-state index contributed by atoms with van der Waals surface area (Å²) in [5.41, 5.74) is 3.89. The molecule has 0 saturated carbocycles. The number of nitrogens with one attached hydrogen (secondary N) is 1. The summed E-state index contributed by atoms with van der Waals surface area (Å²) in [4.78, 5) is 0. The quantitative estimate of drug-likeness (QED) is 0.639. The van der Waals surface area contributed by atoms with Crippen LogP contribution in [0.3, 0.4) is 0 Å². The summed E-state index contributed by atoms with van der Waals surface area (Å²) < 4.78 is 2.30. The number of fused-ring (bicyclic) bond motifs is 1. The summed E-state index contributed by atoms with van der Waals surface area (Å²) in [5.74, 6) is 0. The van der Waals surface area contributed by atoms with Gasteiger partial charge in [0.15, 0.2) is 0 Å². The molecule has 1 N–H and O–H groups in total. The zero-order valence-electron chi connectivity index (χ0n) is 12.1. The van der Waals surface area contributed by atoms with Crippen molar-refractivity contribution in [1.29, 1.82) is 0 Å². The Morgan fingerprint density at radius 1 is 1.29 bits per heavy atom. The van der Waals surface area contributed by atoms with Gasteiger partial charge in [-0.3, -0.25) is 0 Å². The molecule has 110 valence electrons. The highest BCUT2D eigenvalue weighted by molar-refractivity contribution is 7.07. The molecule has 0 spiro atoms. The second-order valence-electron chi connectivity index (χ2n) is 5.25. The third-order valence-electron chi connectivity index (χ3n) is 3.60. The number of halogens is 1. The number of aromatic nitrogens is 1. The highest BCUT2D eigenvalue weighted by atomic mass is 35.5. The number of nitrogens with zero attached hydrogens (tertiary/aromatic N) is 1. The molecule has 21 heavy (non-hydrogen) atoms. The Balaban J connectivity index is 1.96. The van der Waals surface area contributed by atoms with Crippen molar-refractivity contribution in [3.63, 3.8) is 0 Å². The summed E-state index contributed by atoms with van der Waals surface area (Å²) in [6, 6.07) is 8.34. The van der Waals surface area contributed by atoms with Crippen molar-refractivity contribution in [2.45, 2.75) is 26.4 Å². The molecule has 3 aromatic rings. The van der Waals surface area contributed by atoms with Gasteiger partial charge in [-0.1, -0.05) is 24.6 Å². The Labute approximate surface area is 134 Å². The van der Waals surface area contributed by atoms with Crippen molar-refractivity contribution in [3.8, 4) is 0 Å². The van der Waals surface area contributed by atoms with Crippen LogP contribution in [0.1, 0.15) is 24.5 Å². The van der Waals surface area contributed by atoms with Crippen LogP contribution in [-0.2, 0) is 13.1 Å². The lowest BCUT2D eigenvalue weighted by atomic mass is 10.2. The zero-order chi connectivity index (χ0) is 14.7. The van der Waals surface area contributed by atoms with Crippen LogP contribution >= 0.6 is 22.9 Å². The van der Waals surface area contributed by atoms with E-state index in [4.69, 9.17) is 11.6 Å². The fourth-order valence-electron chi connectivity index (χ4n) is 2.59. The van der Waals surface area contributed by atoms with Gasteiger partial charge < -0.3 is 9.88 Å². The van der Waals surface area contributed by atoms with Crippen LogP contribution in [0.2, 0.25) is 5.02 Å². The second-order valence-corrected chi connectivity index (χ2v) is 6.47. The highest BCUT2D eigenvalue weighted by Crippen LogP contribution is 2.26. The lowest BCUT2D eigenvalue weighted by molar-refractivity contribution is 0.675.